The summed E-state index contributed by atoms with van der Waals surface area (Å²) in [6.45, 7) is 1.56. The van der Waals surface area contributed by atoms with Gasteiger partial charge in [0.1, 0.15) is 0 Å². The summed E-state index contributed by atoms with van der Waals surface area (Å²) in [5.74, 6) is 0.352. The standard InChI is InChI=1S/C11H17N5O3S/c1-6-7(9(17)15-11(19)14-6)5-13-16-10(18)8(12)3-4-20-2/h5,8H,3-4,12H2,1-2H3,(H,16,18)(H2,14,15,17,19)/b13-5+. The van der Waals surface area contributed by atoms with Crippen LogP contribution in [0.3, 0.4) is 0 Å². The van der Waals surface area contributed by atoms with Gasteiger partial charge in [0.15, 0.2) is 0 Å². The Morgan fingerprint density at radius 3 is 2.80 bits per heavy atom. The van der Waals surface area contributed by atoms with Crippen LogP contribution in [-0.4, -0.2) is 40.1 Å². The average molecular weight is 299 g/mol. The molecule has 0 aliphatic heterocycles. The summed E-state index contributed by atoms with van der Waals surface area (Å²) >= 11 is 1.60. The molecule has 1 amide bonds. The number of amides is 1. The molecule has 0 saturated carbocycles. The zero-order valence-corrected chi connectivity index (χ0v) is 12.0. The third-order valence-corrected chi connectivity index (χ3v) is 3.16. The van der Waals surface area contributed by atoms with E-state index in [9.17, 15) is 14.4 Å². The maximum Gasteiger partial charge on any atom is 0.325 e. The van der Waals surface area contributed by atoms with E-state index in [-0.39, 0.29) is 5.56 Å². The number of aromatic nitrogens is 2. The number of thioether (sulfide) groups is 1. The number of hydrogen-bond donors (Lipinski definition) is 4. The van der Waals surface area contributed by atoms with Gasteiger partial charge in [0, 0.05) is 5.69 Å². The number of hydrazone groups is 1. The molecular weight excluding hydrogens is 282 g/mol. The summed E-state index contributed by atoms with van der Waals surface area (Å²) in [4.78, 5) is 38.6. The minimum atomic E-state index is -0.644. The van der Waals surface area contributed by atoms with E-state index >= 15 is 0 Å². The van der Waals surface area contributed by atoms with E-state index in [2.05, 4.69) is 20.5 Å². The molecule has 0 saturated heterocycles. The molecule has 1 unspecified atom stereocenters. The Bertz CT molecular complexity index is 607. The molecule has 0 radical (unpaired) electrons. The largest absolute Gasteiger partial charge is 0.325 e. The second-order valence-corrected chi connectivity index (χ2v) is 5.05. The van der Waals surface area contributed by atoms with Crippen molar-refractivity contribution in [2.45, 2.75) is 19.4 Å². The van der Waals surface area contributed by atoms with Crippen LogP contribution < -0.4 is 22.4 Å². The second-order valence-electron chi connectivity index (χ2n) is 4.07. The third-order valence-electron chi connectivity index (χ3n) is 2.51. The highest BCUT2D eigenvalue weighted by Gasteiger charge is 2.11. The van der Waals surface area contributed by atoms with Gasteiger partial charge in [-0.15, -0.1) is 0 Å². The predicted molar refractivity (Wildman–Crippen MR) is 79.1 cm³/mol. The van der Waals surface area contributed by atoms with Crippen LogP contribution in [0.5, 0.6) is 0 Å². The van der Waals surface area contributed by atoms with Crippen LogP contribution in [0.1, 0.15) is 17.7 Å². The molecule has 0 aliphatic carbocycles. The number of nitrogens with one attached hydrogen (secondary N) is 3. The Morgan fingerprint density at radius 2 is 2.20 bits per heavy atom. The van der Waals surface area contributed by atoms with E-state index in [1.807, 2.05) is 6.26 Å². The Morgan fingerprint density at radius 1 is 1.50 bits per heavy atom. The topological polar surface area (TPSA) is 133 Å². The van der Waals surface area contributed by atoms with Crippen LogP contribution >= 0.6 is 11.8 Å². The van der Waals surface area contributed by atoms with Crippen molar-refractivity contribution in [3.05, 3.63) is 32.1 Å². The van der Waals surface area contributed by atoms with Gasteiger partial charge in [0.2, 0.25) is 0 Å². The first kappa shape index (κ1) is 16.2. The summed E-state index contributed by atoms with van der Waals surface area (Å²) in [6, 6.07) is -0.644. The van der Waals surface area contributed by atoms with Gasteiger partial charge >= 0.3 is 5.69 Å². The quantitative estimate of drug-likeness (QED) is 0.391. The van der Waals surface area contributed by atoms with Crippen LogP contribution in [0, 0.1) is 6.92 Å². The molecule has 8 nitrogen and oxygen atoms in total. The molecule has 110 valence electrons. The van der Waals surface area contributed by atoms with Crippen molar-refractivity contribution in [2.75, 3.05) is 12.0 Å². The second kappa shape index (κ2) is 7.65. The van der Waals surface area contributed by atoms with E-state index < -0.39 is 23.2 Å². The molecule has 1 aromatic rings. The Hall–Kier alpha value is -1.87. The van der Waals surface area contributed by atoms with Crippen molar-refractivity contribution in [1.29, 1.82) is 0 Å². The van der Waals surface area contributed by atoms with Gasteiger partial charge in [0.05, 0.1) is 17.8 Å². The summed E-state index contributed by atoms with van der Waals surface area (Å²) in [6.07, 6.45) is 3.64. The number of rotatable bonds is 6. The number of aryl methyl sites for hydroxylation is 1. The lowest BCUT2D eigenvalue weighted by molar-refractivity contribution is -0.122. The van der Waals surface area contributed by atoms with Crippen LogP contribution in [0.15, 0.2) is 14.7 Å². The van der Waals surface area contributed by atoms with Crippen molar-refractivity contribution in [3.8, 4) is 0 Å². The maximum atomic E-state index is 11.6. The molecular formula is C11H17N5O3S. The Balaban J connectivity index is 2.68. The number of aromatic amines is 2. The summed E-state index contributed by atoms with van der Waals surface area (Å²) < 4.78 is 0. The Kier molecular flexibility index (Phi) is 6.19. The van der Waals surface area contributed by atoms with Gasteiger partial charge in [0.25, 0.3) is 11.5 Å². The molecule has 1 atom stereocenters. The number of nitrogens with two attached hydrogens (primary N) is 1. The molecule has 1 heterocycles. The highest BCUT2D eigenvalue weighted by molar-refractivity contribution is 7.98. The van der Waals surface area contributed by atoms with E-state index in [1.54, 1.807) is 18.7 Å². The highest BCUT2D eigenvalue weighted by Crippen LogP contribution is 1.98. The summed E-state index contributed by atoms with van der Waals surface area (Å²) in [5, 5.41) is 3.67. The SMILES string of the molecule is CSCCC(N)C(=O)N/N=C/c1c(C)[nH]c(=O)[nH]c1=O. The average Bonchev–Trinajstić information content (AvgIpc) is 2.38. The fourth-order valence-electron chi connectivity index (χ4n) is 1.38. The first-order valence-electron chi connectivity index (χ1n) is 5.86. The fourth-order valence-corrected chi connectivity index (χ4v) is 1.87. The van der Waals surface area contributed by atoms with Crippen LogP contribution in [-0.2, 0) is 4.79 Å². The van der Waals surface area contributed by atoms with Gasteiger partial charge in [-0.05, 0) is 25.4 Å². The predicted octanol–water partition coefficient (Wildman–Crippen LogP) is -1.10. The van der Waals surface area contributed by atoms with E-state index in [1.165, 1.54) is 6.21 Å². The lowest BCUT2D eigenvalue weighted by atomic mass is 10.2. The lowest BCUT2D eigenvalue weighted by Gasteiger charge is -2.08. The molecule has 0 fully saturated rings. The Labute approximate surface area is 119 Å². The first-order valence-corrected chi connectivity index (χ1v) is 7.25. The molecule has 0 spiro atoms. The molecule has 1 rings (SSSR count). The molecule has 0 aliphatic rings. The van der Waals surface area contributed by atoms with Crippen molar-refractivity contribution in [3.63, 3.8) is 0 Å². The van der Waals surface area contributed by atoms with Crippen molar-refractivity contribution in [2.24, 2.45) is 10.8 Å². The minimum Gasteiger partial charge on any atom is -0.320 e. The smallest absolute Gasteiger partial charge is 0.320 e. The van der Waals surface area contributed by atoms with Crippen LogP contribution in [0.2, 0.25) is 0 Å². The molecule has 1 aromatic heterocycles. The van der Waals surface area contributed by atoms with Gasteiger partial charge in [-0.1, -0.05) is 0 Å². The maximum absolute atomic E-state index is 11.6. The fraction of sp³-hybridized carbons (Fsp3) is 0.455. The van der Waals surface area contributed by atoms with Gasteiger partial charge in [-0.2, -0.15) is 16.9 Å². The number of carbonyl (C=O) groups is 1. The van der Waals surface area contributed by atoms with Gasteiger partial charge in [-0.3, -0.25) is 14.6 Å². The van der Waals surface area contributed by atoms with Crippen LogP contribution in [0.25, 0.3) is 0 Å². The van der Waals surface area contributed by atoms with Crippen molar-refractivity contribution >= 4 is 23.9 Å². The van der Waals surface area contributed by atoms with Gasteiger partial charge in [-0.25, -0.2) is 10.2 Å². The van der Waals surface area contributed by atoms with E-state index in [4.69, 9.17) is 5.73 Å². The zero-order valence-electron chi connectivity index (χ0n) is 11.2. The van der Waals surface area contributed by atoms with Crippen LogP contribution in [0.4, 0.5) is 0 Å². The summed E-state index contributed by atoms with van der Waals surface area (Å²) in [5.41, 5.74) is 7.28. The molecule has 5 N–H and O–H groups in total. The van der Waals surface area contributed by atoms with E-state index in [0.29, 0.717) is 12.1 Å². The first-order chi connectivity index (χ1) is 9.45. The third kappa shape index (κ3) is 4.67. The minimum absolute atomic E-state index is 0.169. The van der Waals surface area contributed by atoms with Crippen molar-refractivity contribution < 1.29 is 4.79 Å². The normalized spacial score (nSPS) is 12.6. The summed E-state index contributed by atoms with van der Waals surface area (Å²) in [7, 11) is 0. The van der Waals surface area contributed by atoms with E-state index in [0.717, 1.165) is 5.75 Å². The highest BCUT2D eigenvalue weighted by atomic mass is 32.2. The molecule has 20 heavy (non-hydrogen) atoms. The molecule has 0 bridgehead atoms. The number of carbonyl (C=O) groups excluding carboxylic acids is 1. The number of hydrogen-bond acceptors (Lipinski definition) is 6. The molecule has 9 heteroatoms. The molecule has 0 aromatic carbocycles. The zero-order chi connectivity index (χ0) is 15.1. The van der Waals surface area contributed by atoms with Gasteiger partial charge < -0.3 is 10.7 Å². The lowest BCUT2D eigenvalue weighted by Crippen LogP contribution is -2.38. The number of nitrogens with zero attached hydrogens (tertiary/aromatic N) is 1. The van der Waals surface area contributed by atoms with Crippen molar-refractivity contribution in [1.82, 2.24) is 15.4 Å². The number of H-pyrrole nitrogens is 2. The monoisotopic (exact) mass is 299 g/mol.